The predicted octanol–water partition coefficient (Wildman–Crippen LogP) is 8.28. The number of carbonyl (C=O) groups is 2. The highest BCUT2D eigenvalue weighted by atomic mass is 35.5. The molecule has 10 nitrogen and oxygen atoms in total. The number of likely N-dealkylation sites (tertiary alicyclic amines) is 1. The zero-order chi connectivity index (χ0) is 33.7. The van der Waals surface area contributed by atoms with E-state index in [0.717, 1.165) is 41.8 Å². The number of anilines is 3. The Labute approximate surface area is 281 Å². The van der Waals surface area contributed by atoms with E-state index in [1.165, 1.54) is 14.2 Å². The first-order valence-electron chi connectivity index (χ1n) is 15.8. The number of urea groups is 2. The van der Waals surface area contributed by atoms with Gasteiger partial charge in [-0.25, -0.2) is 14.3 Å². The number of aromatic nitrogens is 2. The molecule has 0 radical (unpaired) electrons. The number of rotatable bonds is 8. The maximum atomic E-state index is 13.2. The van der Waals surface area contributed by atoms with Gasteiger partial charge in [-0.3, -0.25) is 5.32 Å². The zero-order valence-electron chi connectivity index (χ0n) is 27.8. The Kier molecular flexibility index (Phi) is 10.3. The van der Waals surface area contributed by atoms with Crippen LogP contribution in [-0.4, -0.2) is 54.1 Å². The first-order valence-corrected chi connectivity index (χ1v) is 16.1. The molecule has 0 bridgehead atoms. The summed E-state index contributed by atoms with van der Waals surface area (Å²) in [5, 5.41) is 14.1. The number of nitrogens with one attached hydrogen (secondary N) is 3. The third kappa shape index (κ3) is 8.37. The smallest absolute Gasteiger partial charge is 0.324 e. The minimum Gasteiger partial charge on any atom is -0.495 e. The maximum Gasteiger partial charge on any atom is 0.324 e. The fourth-order valence-corrected chi connectivity index (χ4v) is 5.84. The van der Waals surface area contributed by atoms with Gasteiger partial charge in [-0.05, 0) is 68.0 Å². The molecule has 1 fully saturated rings. The van der Waals surface area contributed by atoms with Crippen LogP contribution in [0.25, 0.3) is 5.69 Å². The Morgan fingerprint density at radius 2 is 1.62 bits per heavy atom. The van der Waals surface area contributed by atoms with Gasteiger partial charge >= 0.3 is 12.1 Å². The van der Waals surface area contributed by atoms with E-state index in [2.05, 4.69) is 42.8 Å². The van der Waals surface area contributed by atoms with Crippen LogP contribution in [0.15, 0.2) is 66.7 Å². The standard InChI is InChI=1S/C36H43ClN6O4/c1-23-10-12-27(13-11-23)43-33(22-32(41-43)36(2,3)4)40-34(44)38-26-9-7-8-25(19-26)18-24-14-16-42(17-15-24)35(45)39-29-20-28(37)30(46-5)21-31(29)47-6/h7-13,19-22,24H,14-18H2,1-6H3,(H,39,45)(H2,38,40,44). The molecule has 1 aliphatic rings. The minimum absolute atomic E-state index is 0.185. The molecule has 0 unspecified atom stereocenters. The molecule has 0 atom stereocenters. The fraction of sp³-hybridized carbons (Fsp3) is 0.361. The first kappa shape index (κ1) is 33.7. The summed E-state index contributed by atoms with van der Waals surface area (Å²) in [5.74, 6) is 1.95. The number of hydrogen-bond acceptors (Lipinski definition) is 5. The Bertz CT molecular complexity index is 1720. The molecule has 3 N–H and O–H groups in total. The van der Waals surface area contributed by atoms with Gasteiger partial charge in [0.25, 0.3) is 0 Å². The molecular formula is C36H43ClN6O4. The van der Waals surface area contributed by atoms with Crippen molar-refractivity contribution in [2.45, 2.75) is 52.4 Å². The third-order valence-corrected chi connectivity index (χ3v) is 8.62. The zero-order valence-corrected chi connectivity index (χ0v) is 28.6. The largest absolute Gasteiger partial charge is 0.495 e. The summed E-state index contributed by atoms with van der Waals surface area (Å²) < 4.78 is 12.4. The van der Waals surface area contributed by atoms with E-state index in [4.69, 9.17) is 26.2 Å². The Morgan fingerprint density at radius 3 is 2.28 bits per heavy atom. The number of nitrogens with zero attached hydrogens (tertiary/aromatic N) is 3. The second-order valence-electron chi connectivity index (χ2n) is 12.9. The van der Waals surface area contributed by atoms with E-state index in [1.807, 2.05) is 60.4 Å². The monoisotopic (exact) mass is 658 g/mol. The van der Waals surface area contributed by atoms with Gasteiger partial charge in [0.05, 0.1) is 36.3 Å². The molecule has 1 aromatic heterocycles. The lowest BCUT2D eigenvalue weighted by Gasteiger charge is -2.32. The number of ether oxygens (including phenoxy) is 2. The molecule has 0 saturated carbocycles. The summed E-state index contributed by atoms with van der Waals surface area (Å²) in [6.07, 6.45) is 2.58. The Hall–Kier alpha value is -4.70. The van der Waals surface area contributed by atoms with Crippen molar-refractivity contribution in [2.24, 2.45) is 5.92 Å². The van der Waals surface area contributed by atoms with Gasteiger partial charge in [-0.2, -0.15) is 5.10 Å². The summed E-state index contributed by atoms with van der Waals surface area (Å²) >= 11 is 6.27. The van der Waals surface area contributed by atoms with E-state index in [0.29, 0.717) is 52.7 Å². The lowest BCUT2D eigenvalue weighted by atomic mass is 9.90. The van der Waals surface area contributed by atoms with Gasteiger partial charge in [-0.15, -0.1) is 0 Å². The van der Waals surface area contributed by atoms with Gasteiger partial charge in [0.2, 0.25) is 0 Å². The second-order valence-corrected chi connectivity index (χ2v) is 13.4. The molecule has 4 aromatic rings. The lowest BCUT2D eigenvalue weighted by Crippen LogP contribution is -2.41. The minimum atomic E-state index is -0.343. The van der Waals surface area contributed by atoms with E-state index in [1.54, 1.807) is 16.8 Å². The first-order chi connectivity index (χ1) is 22.4. The van der Waals surface area contributed by atoms with E-state index < -0.39 is 0 Å². The topological polar surface area (TPSA) is 110 Å². The molecular weight excluding hydrogens is 616 g/mol. The molecule has 1 saturated heterocycles. The normalized spacial score (nSPS) is 13.6. The van der Waals surface area contributed by atoms with Crippen LogP contribution >= 0.6 is 11.6 Å². The number of aryl methyl sites for hydroxylation is 1. The number of methoxy groups -OCH3 is 2. The summed E-state index contributed by atoms with van der Waals surface area (Å²) in [5.41, 5.74) is 5.05. The molecule has 2 heterocycles. The average Bonchev–Trinajstić information content (AvgIpc) is 3.46. The van der Waals surface area contributed by atoms with Crippen molar-refractivity contribution >= 4 is 40.9 Å². The van der Waals surface area contributed by atoms with Crippen molar-refractivity contribution in [1.29, 1.82) is 0 Å². The lowest BCUT2D eigenvalue weighted by molar-refractivity contribution is 0.182. The summed E-state index contributed by atoms with van der Waals surface area (Å²) in [6.45, 7) is 9.59. The second kappa shape index (κ2) is 14.4. The molecule has 11 heteroatoms. The Morgan fingerprint density at radius 1 is 0.915 bits per heavy atom. The average molecular weight is 659 g/mol. The van der Waals surface area contributed by atoms with Gasteiger partial charge in [0, 0.05) is 36.3 Å². The third-order valence-electron chi connectivity index (χ3n) is 8.32. The van der Waals surface area contributed by atoms with Crippen molar-refractivity contribution in [3.8, 4) is 17.2 Å². The highest BCUT2D eigenvalue weighted by Crippen LogP contribution is 2.36. The Balaban J connectivity index is 1.17. The molecule has 5 rings (SSSR count). The van der Waals surface area contributed by atoms with Crippen molar-refractivity contribution in [2.75, 3.05) is 43.3 Å². The number of carbonyl (C=O) groups excluding carboxylic acids is 2. The van der Waals surface area contributed by atoms with Crippen LogP contribution < -0.4 is 25.4 Å². The van der Waals surface area contributed by atoms with Gasteiger partial charge in [0.15, 0.2) is 0 Å². The van der Waals surface area contributed by atoms with Crippen LogP contribution in [0, 0.1) is 12.8 Å². The molecule has 47 heavy (non-hydrogen) atoms. The summed E-state index contributed by atoms with van der Waals surface area (Å²) in [7, 11) is 3.06. The summed E-state index contributed by atoms with van der Waals surface area (Å²) in [6, 6.07) is 20.6. The van der Waals surface area contributed by atoms with Crippen LogP contribution in [0.1, 0.15) is 50.4 Å². The van der Waals surface area contributed by atoms with Crippen molar-refractivity contribution in [3.63, 3.8) is 0 Å². The van der Waals surface area contributed by atoms with Crippen LogP contribution in [0.3, 0.4) is 0 Å². The number of halogens is 1. The van der Waals surface area contributed by atoms with E-state index in [9.17, 15) is 9.59 Å². The van der Waals surface area contributed by atoms with Gasteiger partial charge in [0.1, 0.15) is 17.3 Å². The van der Waals surface area contributed by atoms with Crippen molar-refractivity contribution in [3.05, 3.63) is 88.6 Å². The fourth-order valence-electron chi connectivity index (χ4n) is 5.60. The van der Waals surface area contributed by atoms with E-state index >= 15 is 0 Å². The van der Waals surface area contributed by atoms with Crippen LogP contribution in [0.4, 0.5) is 26.8 Å². The van der Waals surface area contributed by atoms with Crippen LogP contribution in [0.5, 0.6) is 11.5 Å². The summed E-state index contributed by atoms with van der Waals surface area (Å²) in [4.78, 5) is 28.0. The molecule has 0 spiro atoms. The van der Waals surface area contributed by atoms with E-state index in [-0.39, 0.29) is 17.5 Å². The quantitative estimate of drug-likeness (QED) is 0.177. The van der Waals surface area contributed by atoms with Gasteiger partial charge in [-0.1, -0.05) is 62.2 Å². The molecule has 3 aromatic carbocycles. The maximum absolute atomic E-state index is 13.2. The number of amides is 4. The molecule has 0 aliphatic carbocycles. The SMILES string of the molecule is COc1cc(OC)c(NC(=O)N2CCC(Cc3cccc(NC(=O)Nc4cc(C(C)(C)C)nn4-c4ccc(C)cc4)c3)CC2)cc1Cl. The number of benzene rings is 3. The highest BCUT2D eigenvalue weighted by Gasteiger charge is 2.25. The molecule has 4 amide bonds. The van der Waals surface area contributed by atoms with Crippen molar-refractivity contribution in [1.82, 2.24) is 14.7 Å². The predicted molar refractivity (Wildman–Crippen MR) is 188 cm³/mol. The number of hydrogen-bond donors (Lipinski definition) is 3. The highest BCUT2D eigenvalue weighted by molar-refractivity contribution is 6.32. The molecule has 248 valence electrons. The molecule has 1 aliphatic heterocycles. The number of piperidine rings is 1. The van der Waals surface area contributed by atoms with Crippen molar-refractivity contribution < 1.29 is 19.1 Å². The van der Waals surface area contributed by atoms with Crippen LogP contribution in [-0.2, 0) is 11.8 Å². The van der Waals surface area contributed by atoms with Crippen LogP contribution in [0.2, 0.25) is 5.02 Å². The van der Waals surface area contributed by atoms with Gasteiger partial charge < -0.3 is 25.0 Å².